The van der Waals surface area contributed by atoms with E-state index in [1.54, 1.807) is 18.2 Å². The molecule has 0 spiro atoms. The Morgan fingerprint density at radius 1 is 1.20 bits per heavy atom. The molecule has 7 heteroatoms. The highest BCUT2D eigenvalue weighted by Crippen LogP contribution is 2.24. The van der Waals surface area contributed by atoms with Crippen LogP contribution in [-0.2, 0) is 6.54 Å². The molecular weight excluding hydrogens is 393 g/mol. The third kappa shape index (κ3) is 5.75. The van der Waals surface area contributed by atoms with Crippen molar-refractivity contribution in [3.05, 3.63) is 65.0 Å². The first-order valence-electron chi connectivity index (χ1n) is 10.2. The summed E-state index contributed by atoms with van der Waals surface area (Å²) in [5, 5.41) is 2.87. The van der Waals surface area contributed by atoms with E-state index in [0.29, 0.717) is 36.6 Å². The van der Waals surface area contributed by atoms with Gasteiger partial charge in [-0.25, -0.2) is 13.2 Å². The predicted molar refractivity (Wildman–Crippen MR) is 109 cm³/mol. The molecule has 2 aromatic rings. The maximum absolute atomic E-state index is 13.5. The zero-order chi connectivity index (χ0) is 21.7. The van der Waals surface area contributed by atoms with Crippen molar-refractivity contribution in [1.29, 1.82) is 0 Å². The van der Waals surface area contributed by atoms with E-state index < -0.39 is 17.5 Å². The zero-order valence-electron chi connectivity index (χ0n) is 17.3. The van der Waals surface area contributed by atoms with E-state index in [4.69, 9.17) is 4.74 Å². The number of ether oxygens (including phenoxy) is 1. The minimum atomic E-state index is -1.44. The van der Waals surface area contributed by atoms with Gasteiger partial charge in [-0.1, -0.05) is 12.1 Å². The van der Waals surface area contributed by atoms with Gasteiger partial charge in [0.1, 0.15) is 5.75 Å². The lowest BCUT2D eigenvalue weighted by atomic mass is 9.98. The Morgan fingerprint density at radius 3 is 2.60 bits per heavy atom. The van der Waals surface area contributed by atoms with Gasteiger partial charge < -0.3 is 10.1 Å². The number of carbonyl (C=O) groups excluding carboxylic acids is 1. The molecule has 0 bridgehead atoms. The Balaban J connectivity index is 1.59. The van der Waals surface area contributed by atoms with Gasteiger partial charge in [0.25, 0.3) is 5.91 Å². The van der Waals surface area contributed by atoms with Crippen LogP contribution in [0.2, 0.25) is 0 Å². The summed E-state index contributed by atoms with van der Waals surface area (Å²) >= 11 is 0. The number of para-hydroxylation sites is 1. The molecule has 1 N–H and O–H groups in total. The highest BCUT2D eigenvalue weighted by molar-refractivity contribution is 5.97. The third-order valence-electron chi connectivity index (χ3n) is 5.08. The lowest BCUT2D eigenvalue weighted by Crippen LogP contribution is -2.37. The number of halogens is 3. The van der Waals surface area contributed by atoms with Crippen LogP contribution < -0.4 is 10.1 Å². The van der Waals surface area contributed by atoms with E-state index in [1.165, 1.54) is 0 Å². The first-order chi connectivity index (χ1) is 14.3. The second-order valence-electron chi connectivity index (χ2n) is 8.05. The molecule has 1 aliphatic rings. The summed E-state index contributed by atoms with van der Waals surface area (Å²) in [6.07, 6.45) is 1.89. The quantitative estimate of drug-likeness (QED) is 0.669. The van der Waals surface area contributed by atoms with Crippen LogP contribution in [0.1, 0.15) is 42.6 Å². The molecule has 2 aromatic carbocycles. The van der Waals surface area contributed by atoms with Crippen molar-refractivity contribution in [3.63, 3.8) is 0 Å². The summed E-state index contributed by atoms with van der Waals surface area (Å²) in [4.78, 5) is 14.5. The van der Waals surface area contributed by atoms with Crippen LogP contribution in [0.3, 0.4) is 0 Å². The minimum Gasteiger partial charge on any atom is -0.492 e. The fourth-order valence-corrected chi connectivity index (χ4v) is 3.72. The van der Waals surface area contributed by atoms with Crippen LogP contribution in [0.4, 0.5) is 13.2 Å². The summed E-state index contributed by atoms with van der Waals surface area (Å²) in [7, 11) is 0. The van der Waals surface area contributed by atoms with Crippen LogP contribution in [0, 0.1) is 23.4 Å². The molecule has 3 rings (SSSR count). The van der Waals surface area contributed by atoms with Gasteiger partial charge in [-0.15, -0.1) is 0 Å². The zero-order valence-corrected chi connectivity index (χ0v) is 17.3. The number of carbonyl (C=O) groups is 1. The van der Waals surface area contributed by atoms with E-state index >= 15 is 0 Å². The number of hydrogen-bond acceptors (Lipinski definition) is 3. The molecule has 0 aromatic heterocycles. The molecule has 30 heavy (non-hydrogen) atoms. The van der Waals surface area contributed by atoms with Gasteiger partial charge in [-0.05, 0) is 63.1 Å². The van der Waals surface area contributed by atoms with E-state index in [9.17, 15) is 18.0 Å². The van der Waals surface area contributed by atoms with Crippen molar-refractivity contribution in [2.24, 2.45) is 5.92 Å². The first kappa shape index (κ1) is 22.2. The van der Waals surface area contributed by atoms with Crippen LogP contribution >= 0.6 is 0 Å². The van der Waals surface area contributed by atoms with Gasteiger partial charge in [-0.3, -0.25) is 9.69 Å². The molecule has 1 unspecified atom stereocenters. The van der Waals surface area contributed by atoms with Crippen molar-refractivity contribution in [2.75, 3.05) is 19.7 Å². The SMILES string of the molecule is CC(C)NC(=O)c1ccccc1OCC1CCCN(Cc2cc(F)c(F)c(F)c2)C1. The number of benzene rings is 2. The topological polar surface area (TPSA) is 41.6 Å². The van der Waals surface area contributed by atoms with Crippen molar-refractivity contribution in [1.82, 2.24) is 10.2 Å². The third-order valence-corrected chi connectivity index (χ3v) is 5.08. The monoisotopic (exact) mass is 420 g/mol. The number of nitrogens with one attached hydrogen (secondary N) is 1. The normalized spacial score (nSPS) is 17.2. The van der Waals surface area contributed by atoms with Crippen LogP contribution in [0.15, 0.2) is 36.4 Å². The lowest BCUT2D eigenvalue weighted by Gasteiger charge is -2.32. The highest BCUT2D eigenvalue weighted by Gasteiger charge is 2.22. The molecule has 162 valence electrons. The summed E-state index contributed by atoms with van der Waals surface area (Å²) in [5.74, 6) is -3.20. The average Bonchev–Trinajstić information content (AvgIpc) is 2.70. The van der Waals surface area contributed by atoms with Crippen LogP contribution in [0.5, 0.6) is 5.75 Å². The van der Waals surface area contributed by atoms with Gasteiger partial charge in [0, 0.05) is 25.0 Å². The van der Waals surface area contributed by atoms with Crippen molar-refractivity contribution >= 4 is 5.91 Å². The van der Waals surface area contributed by atoms with Gasteiger partial charge in [0.2, 0.25) is 0 Å². The summed E-state index contributed by atoms with van der Waals surface area (Å²) in [6, 6.07) is 9.25. The molecule has 0 radical (unpaired) electrons. The lowest BCUT2D eigenvalue weighted by molar-refractivity contribution is 0.0932. The largest absolute Gasteiger partial charge is 0.492 e. The molecule has 1 aliphatic heterocycles. The molecule has 1 heterocycles. The molecule has 4 nitrogen and oxygen atoms in total. The van der Waals surface area contributed by atoms with E-state index in [0.717, 1.165) is 31.5 Å². The number of amides is 1. The molecule has 1 fully saturated rings. The maximum atomic E-state index is 13.5. The summed E-state index contributed by atoms with van der Waals surface area (Å²) < 4.78 is 46.1. The molecule has 0 aliphatic carbocycles. The fourth-order valence-electron chi connectivity index (χ4n) is 3.72. The van der Waals surface area contributed by atoms with Gasteiger partial charge in [0.05, 0.1) is 12.2 Å². The Morgan fingerprint density at radius 2 is 1.90 bits per heavy atom. The number of hydrogen-bond donors (Lipinski definition) is 1. The molecule has 0 saturated carbocycles. The van der Waals surface area contributed by atoms with Crippen molar-refractivity contribution < 1.29 is 22.7 Å². The molecule has 1 atom stereocenters. The number of nitrogens with zero attached hydrogens (tertiary/aromatic N) is 1. The first-order valence-corrected chi connectivity index (χ1v) is 10.2. The molecular formula is C23H27F3N2O2. The second kappa shape index (κ2) is 9.98. The smallest absolute Gasteiger partial charge is 0.255 e. The Hall–Kier alpha value is -2.54. The standard InChI is InChI=1S/C23H27F3N2O2/c1-15(2)27-23(29)18-7-3-4-8-21(18)30-14-16-6-5-9-28(12-16)13-17-10-19(24)22(26)20(25)11-17/h3-4,7-8,10-11,15-16H,5-6,9,12-14H2,1-2H3,(H,27,29). The van der Waals surface area contributed by atoms with Gasteiger partial charge >= 0.3 is 0 Å². The Kier molecular flexibility index (Phi) is 7.37. The van der Waals surface area contributed by atoms with Crippen molar-refractivity contribution in [2.45, 2.75) is 39.3 Å². The number of piperidine rings is 1. The average molecular weight is 420 g/mol. The minimum absolute atomic E-state index is 0.0265. The predicted octanol–water partition coefficient (Wildman–Crippen LogP) is 4.53. The summed E-state index contributed by atoms with van der Waals surface area (Å²) in [6.45, 7) is 6.08. The Bertz CT molecular complexity index is 865. The van der Waals surface area contributed by atoms with Gasteiger partial charge in [0.15, 0.2) is 17.5 Å². The summed E-state index contributed by atoms with van der Waals surface area (Å²) in [5.41, 5.74) is 0.903. The fraction of sp³-hybridized carbons (Fsp3) is 0.435. The highest BCUT2D eigenvalue weighted by atomic mass is 19.2. The van der Waals surface area contributed by atoms with Crippen LogP contribution in [-0.4, -0.2) is 36.5 Å². The van der Waals surface area contributed by atoms with Gasteiger partial charge in [-0.2, -0.15) is 0 Å². The number of likely N-dealkylation sites (tertiary alicyclic amines) is 1. The van der Waals surface area contributed by atoms with Crippen LogP contribution in [0.25, 0.3) is 0 Å². The Labute approximate surface area is 175 Å². The number of rotatable bonds is 7. The maximum Gasteiger partial charge on any atom is 0.255 e. The molecule has 1 saturated heterocycles. The second-order valence-corrected chi connectivity index (χ2v) is 8.05. The van der Waals surface area contributed by atoms with E-state index in [2.05, 4.69) is 10.2 Å². The van der Waals surface area contributed by atoms with Crippen molar-refractivity contribution in [3.8, 4) is 5.75 Å². The molecule has 1 amide bonds. The van der Waals surface area contributed by atoms with E-state index in [-0.39, 0.29) is 17.9 Å². The van der Waals surface area contributed by atoms with E-state index in [1.807, 2.05) is 19.9 Å².